The smallest absolute Gasteiger partial charge is 0.222 e. The number of rotatable bonds is 4. The maximum atomic E-state index is 11.7. The average molecular weight is 232 g/mol. The fourth-order valence-electron chi connectivity index (χ4n) is 2.32. The lowest BCUT2D eigenvalue weighted by Gasteiger charge is -2.33. The quantitative estimate of drug-likeness (QED) is 0.834. The van der Waals surface area contributed by atoms with E-state index in [-0.39, 0.29) is 11.9 Å². The standard InChI is InChI=1S/C14H20N2O/c1-10-7-12(8-10)16-14(17)9-13(15)11-5-3-2-4-6-11/h2-6,10,12-13H,7-9,15H2,1H3,(H,16,17). The van der Waals surface area contributed by atoms with E-state index < -0.39 is 0 Å². The predicted molar refractivity (Wildman–Crippen MR) is 68.3 cm³/mol. The zero-order chi connectivity index (χ0) is 12.3. The van der Waals surface area contributed by atoms with Gasteiger partial charge in [-0.25, -0.2) is 0 Å². The number of nitrogens with one attached hydrogen (secondary N) is 1. The molecule has 1 aliphatic rings. The molecule has 0 heterocycles. The minimum atomic E-state index is -0.200. The normalized spacial score (nSPS) is 24.8. The third-order valence-corrected chi connectivity index (χ3v) is 3.37. The summed E-state index contributed by atoms with van der Waals surface area (Å²) in [6.45, 7) is 2.21. The van der Waals surface area contributed by atoms with Crippen LogP contribution in [0.25, 0.3) is 0 Å². The number of amides is 1. The Morgan fingerprint density at radius 1 is 1.41 bits per heavy atom. The molecule has 1 saturated carbocycles. The molecule has 17 heavy (non-hydrogen) atoms. The Labute approximate surface area is 102 Å². The van der Waals surface area contributed by atoms with Crippen LogP contribution >= 0.6 is 0 Å². The Hall–Kier alpha value is -1.35. The zero-order valence-corrected chi connectivity index (χ0v) is 10.2. The van der Waals surface area contributed by atoms with Gasteiger partial charge in [0.2, 0.25) is 5.91 Å². The highest BCUT2D eigenvalue weighted by molar-refractivity contribution is 5.77. The van der Waals surface area contributed by atoms with E-state index in [0.717, 1.165) is 24.3 Å². The van der Waals surface area contributed by atoms with Crippen LogP contribution in [0.3, 0.4) is 0 Å². The van der Waals surface area contributed by atoms with E-state index in [2.05, 4.69) is 12.2 Å². The van der Waals surface area contributed by atoms with Crippen molar-refractivity contribution < 1.29 is 4.79 Å². The molecule has 0 aromatic heterocycles. The average Bonchev–Trinajstić information content (AvgIpc) is 2.28. The first-order valence-corrected chi connectivity index (χ1v) is 6.25. The van der Waals surface area contributed by atoms with Crippen LogP contribution in [0.2, 0.25) is 0 Å². The second kappa shape index (κ2) is 5.32. The molecular formula is C14H20N2O. The lowest BCUT2D eigenvalue weighted by molar-refractivity contribution is -0.123. The highest BCUT2D eigenvalue weighted by Crippen LogP contribution is 2.26. The molecule has 3 N–H and O–H groups in total. The summed E-state index contributed by atoms with van der Waals surface area (Å²) in [5.41, 5.74) is 7.02. The number of benzene rings is 1. The van der Waals surface area contributed by atoms with Crippen LogP contribution in [0.1, 0.15) is 37.8 Å². The Morgan fingerprint density at radius 2 is 2.06 bits per heavy atom. The number of carbonyl (C=O) groups is 1. The van der Waals surface area contributed by atoms with E-state index in [9.17, 15) is 4.79 Å². The Bertz CT molecular complexity index is 371. The van der Waals surface area contributed by atoms with Crippen LogP contribution in [-0.2, 0) is 4.79 Å². The van der Waals surface area contributed by atoms with Crippen molar-refractivity contribution in [2.45, 2.75) is 38.3 Å². The molecule has 1 aliphatic carbocycles. The Balaban J connectivity index is 1.78. The molecule has 2 rings (SSSR count). The topological polar surface area (TPSA) is 55.1 Å². The molecule has 1 amide bonds. The van der Waals surface area contributed by atoms with Gasteiger partial charge in [-0.3, -0.25) is 4.79 Å². The fraction of sp³-hybridized carbons (Fsp3) is 0.500. The molecule has 0 aliphatic heterocycles. The monoisotopic (exact) mass is 232 g/mol. The predicted octanol–water partition coefficient (Wildman–Crippen LogP) is 1.99. The third kappa shape index (κ3) is 3.30. The first-order chi connectivity index (χ1) is 8.15. The maximum absolute atomic E-state index is 11.7. The van der Waals surface area contributed by atoms with E-state index in [1.807, 2.05) is 30.3 Å². The van der Waals surface area contributed by atoms with E-state index in [0.29, 0.717) is 12.5 Å². The number of nitrogens with two attached hydrogens (primary N) is 1. The summed E-state index contributed by atoms with van der Waals surface area (Å²) >= 11 is 0. The Morgan fingerprint density at radius 3 is 2.65 bits per heavy atom. The lowest BCUT2D eigenvalue weighted by atomic mass is 9.82. The molecule has 92 valence electrons. The minimum Gasteiger partial charge on any atom is -0.353 e. The molecule has 1 aromatic rings. The SMILES string of the molecule is CC1CC(NC(=O)CC(N)c2ccccc2)C1. The molecule has 1 fully saturated rings. The first kappa shape index (κ1) is 12.1. The highest BCUT2D eigenvalue weighted by Gasteiger charge is 2.26. The minimum absolute atomic E-state index is 0.0678. The molecule has 0 radical (unpaired) electrons. The molecule has 0 saturated heterocycles. The van der Waals surface area contributed by atoms with Crippen molar-refractivity contribution in [2.24, 2.45) is 11.7 Å². The van der Waals surface area contributed by atoms with E-state index in [1.54, 1.807) is 0 Å². The van der Waals surface area contributed by atoms with Crippen molar-refractivity contribution in [3.8, 4) is 0 Å². The van der Waals surface area contributed by atoms with E-state index in [4.69, 9.17) is 5.73 Å². The van der Waals surface area contributed by atoms with Gasteiger partial charge in [-0.05, 0) is 24.3 Å². The summed E-state index contributed by atoms with van der Waals surface area (Å²) in [5.74, 6) is 0.821. The summed E-state index contributed by atoms with van der Waals surface area (Å²) in [4.78, 5) is 11.7. The summed E-state index contributed by atoms with van der Waals surface area (Å²) in [5, 5.41) is 3.03. The van der Waals surface area contributed by atoms with Crippen LogP contribution in [0, 0.1) is 5.92 Å². The number of carbonyl (C=O) groups excluding carboxylic acids is 1. The van der Waals surface area contributed by atoms with Crippen LogP contribution in [0.15, 0.2) is 30.3 Å². The summed E-state index contributed by atoms with van der Waals surface area (Å²) < 4.78 is 0. The summed E-state index contributed by atoms with van der Waals surface area (Å²) in [6.07, 6.45) is 2.58. The lowest BCUT2D eigenvalue weighted by Crippen LogP contribution is -2.44. The van der Waals surface area contributed by atoms with Crippen LogP contribution in [0.4, 0.5) is 0 Å². The molecular weight excluding hydrogens is 212 g/mol. The van der Waals surface area contributed by atoms with Gasteiger partial charge in [0.05, 0.1) is 0 Å². The van der Waals surface area contributed by atoms with Gasteiger partial charge < -0.3 is 11.1 Å². The van der Waals surface area contributed by atoms with Crippen LogP contribution < -0.4 is 11.1 Å². The van der Waals surface area contributed by atoms with E-state index >= 15 is 0 Å². The largest absolute Gasteiger partial charge is 0.353 e. The van der Waals surface area contributed by atoms with E-state index in [1.165, 1.54) is 0 Å². The molecule has 1 aromatic carbocycles. The van der Waals surface area contributed by atoms with Gasteiger partial charge >= 0.3 is 0 Å². The first-order valence-electron chi connectivity index (χ1n) is 6.25. The van der Waals surface area contributed by atoms with Gasteiger partial charge in [-0.1, -0.05) is 37.3 Å². The van der Waals surface area contributed by atoms with Gasteiger partial charge in [-0.2, -0.15) is 0 Å². The Kier molecular flexibility index (Phi) is 3.79. The second-order valence-electron chi connectivity index (χ2n) is 5.06. The van der Waals surface area contributed by atoms with Crippen molar-refractivity contribution in [1.29, 1.82) is 0 Å². The fourth-order valence-corrected chi connectivity index (χ4v) is 2.32. The van der Waals surface area contributed by atoms with Crippen LogP contribution in [-0.4, -0.2) is 11.9 Å². The van der Waals surface area contributed by atoms with Crippen molar-refractivity contribution in [1.82, 2.24) is 5.32 Å². The molecule has 0 spiro atoms. The van der Waals surface area contributed by atoms with Gasteiger partial charge in [-0.15, -0.1) is 0 Å². The van der Waals surface area contributed by atoms with Crippen molar-refractivity contribution in [3.05, 3.63) is 35.9 Å². The van der Waals surface area contributed by atoms with Gasteiger partial charge in [0.15, 0.2) is 0 Å². The van der Waals surface area contributed by atoms with Gasteiger partial charge in [0.1, 0.15) is 0 Å². The number of hydrogen-bond donors (Lipinski definition) is 2. The third-order valence-electron chi connectivity index (χ3n) is 3.37. The summed E-state index contributed by atoms with van der Waals surface area (Å²) in [7, 11) is 0. The molecule has 3 nitrogen and oxygen atoms in total. The molecule has 1 atom stereocenters. The van der Waals surface area contributed by atoms with Gasteiger partial charge in [0.25, 0.3) is 0 Å². The molecule has 0 bridgehead atoms. The zero-order valence-electron chi connectivity index (χ0n) is 10.2. The van der Waals surface area contributed by atoms with Crippen molar-refractivity contribution in [2.75, 3.05) is 0 Å². The molecule has 1 unspecified atom stereocenters. The van der Waals surface area contributed by atoms with Crippen molar-refractivity contribution in [3.63, 3.8) is 0 Å². The maximum Gasteiger partial charge on any atom is 0.222 e. The van der Waals surface area contributed by atoms with Crippen LogP contribution in [0.5, 0.6) is 0 Å². The summed E-state index contributed by atoms with van der Waals surface area (Å²) in [6, 6.07) is 9.94. The highest BCUT2D eigenvalue weighted by atomic mass is 16.1. The van der Waals surface area contributed by atoms with Crippen molar-refractivity contribution >= 4 is 5.91 Å². The number of hydrogen-bond acceptors (Lipinski definition) is 2. The molecule has 3 heteroatoms. The second-order valence-corrected chi connectivity index (χ2v) is 5.06. The van der Waals surface area contributed by atoms with Gasteiger partial charge in [0, 0.05) is 18.5 Å².